The van der Waals surface area contributed by atoms with Gasteiger partial charge >= 0.3 is 0 Å². The minimum Gasteiger partial charge on any atom is -1.00 e. The van der Waals surface area contributed by atoms with E-state index in [1.54, 1.807) is 0 Å². The summed E-state index contributed by atoms with van der Waals surface area (Å²) in [5.41, 5.74) is 0.927. The molecular formula is C17H25ClNO3-. The molecule has 1 aromatic rings. The number of aliphatic hydroxyl groups excluding tert-OH is 1. The Morgan fingerprint density at radius 2 is 1.73 bits per heavy atom. The van der Waals surface area contributed by atoms with Gasteiger partial charge in [-0.15, -0.1) is 0 Å². The zero-order chi connectivity index (χ0) is 14.5. The maximum Gasteiger partial charge on any atom is 0.161 e. The van der Waals surface area contributed by atoms with Crippen LogP contribution in [0.1, 0.15) is 43.8 Å². The van der Waals surface area contributed by atoms with Gasteiger partial charge in [-0.1, -0.05) is 12.5 Å². The minimum atomic E-state index is -0.427. The average molecular weight is 327 g/mol. The van der Waals surface area contributed by atoms with Crippen molar-refractivity contribution in [1.29, 1.82) is 0 Å². The number of rotatable bonds is 4. The van der Waals surface area contributed by atoms with Crippen LogP contribution in [0.25, 0.3) is 0 Å². The van der Waals surface area contributed by atoms with Gasteiger partial charge in [0, 0.05) is 13.0 Å². The summed E-state index contributed by atoms with van der Waals surface area (Å²) >= 11 is 0. The molecule has 0 bridgehead atoms. The maximum atomic E-state index is 10.4. The number of nitrogens with zero attached hydrogens (tertiary/aromatic N) is 1. The fourth-order valence-electron chi connectivity index (χ4n) is 3.04. The fraction of sp³-hybridized carbons (Fsp3) is 0.647. The molecule has 2 heterocycles. The van der Waals surface area contributed by atoms with E-state index in [2.05, 4.69) is 4.90 Å². The van der Waals surface area contributed by atoms with Crippen molar-refractivity contribution in [3.05, 3.63) is 23.8 Å². The molecule has 1 unspecified atom stereocenters. The van der Waals surface area contributed by atoms with E-state index < -0.39 is 6.10 Å². The number of piperidine rings is 1. The Hall–Kier alpha value is -0.970. The second-order valence-corrected chi connectivity index (χ2v) is 5.96. The molecule has 1 N–H and O–H groups in total. The van der Waals surface area contributed by atoms with Crippen LogP contribution in [0, 0.1) is 0 Å². The Kier molecular flexibility index (Phi) is 6.80. The van der Waals surface area contributed by atoms with Crippen molar-refractivity contribution in [2.45, 2.75) is 38.2 Å². The second kappa shape index (κ2) is 8.61. The summed E-state index contributed by atoms with van der Waals surface area (Å²) in [7, 11) is 0. The largest absolute Gasteiger partial charge is 1.00 e. The lowest BCUT2D eigenvalue weighted by Crippen LogP contribution is -3.00. The summed E-state index contributed by atoms with van der Waals surface area (Å²) in [4.78, 5) is 2.45. The summed E-state index contributed by atoms with van der Waals surface area (Å²) in [6, 6.07) is 5.80. The van der Waals surface area contributed by atoms with Crippen molar-refractivity contribution < 1.29 is 27.0 Å². The average Bonchev–Trinajstić information content (AvgIpc) is 2.78. The number of halogens is 1. The highest BCUT2D eigenvalue weighted by molar-refractivity contribution is 5.44. The molecule has 1 atom stereocenters. The molecule has 1 fully saturated rings. The first-order valence-corrected chi connectivity index (χ1v) is 8.13. The van der Waals surface area contributed by atoms with Gasteiger partial charge in [0.2, 0.25) is 0 Å². The molecule has 0 spiro atoms. The van der Waals surface area contributed by atoms with Crippen LogP contribution in [0.4, 0.5) is 0 Å². The maximum absolute atomic E-state index is 10.4. The SMILES string of the molecule is OC(CCN1CCCCC1)c1ccc2c(c1)OCCCO2.[Cl-]. The van der Waals surface area contributed by atoms with Crippen LogP contribution in [-0.4, -0.2) is 42.9 Å². The number of hydrogen-bond acceptors (Lipinski definition) is 4. The highest BCUT2D eigenvalue weighted by Crippen LogP contribution is 2.33. The lowest BCUT2D eigenvalue weighted by Gasteiger charge is -2.27. The van der Waals surface area contributed by atoms with Crippen molar-refractivity contribution >= 4 is 0 Å². The van der Waals surface area contributed by atoms with Crippen molar-refractivity contribution in [1.82, 2.24) is 4.90 Å². The van der Waals surface area contributed by atoms with Crippen LogP contribution >= 0.6 is 0 Å². The van der Waals surface area contributed by atoms with E-state index in [1.807, 2.05) is 18.2 Å². The van der Waals surface area contributed by atoms with Gasteiger partial charge in [-0.05, 0) is 50.0 Å². The molecular weight excluding hydrogens is 302 g/mol. The third kappa shape index (κ3) is 4.51. The number of hydrogen-bond donors (Lipinski definition) is 1. The van der Waals surface area contributed by atoms with Gasteiger partial charge < -0.3 is 31.9 Å². The fourth-order valence-corrected chi connectivity index (χ4v) is 3.04. The van der Waals surface area contributed by atoms with E-state index in [0.29, 0.717) is 13.2 Å². The van der Waals surface area contributed by atoms with Crippen molar-refractivity contribution in [2.75, 3.05) is 32.8 Å². The van der Waals surface area contributed by atoms with Gasteiger partial charge in [-0.25, -0.2) is 0 Å². The van der Waals surface area contributed by atoms with Crippen molar-refractivity contribution in [3.63, 3.8) is 0 Å². The second-order valence-electron chi connectivity index (χ2n) is 5.96. The van der Waals surface area contributed by atoms with E-state index >= 15 is 0 Å². The number of benzene rings is 1. The Bertz CT molecular complexity index is 463. The Balaban J connectivity index is 0.00000176. The lowest BCUT2D eigenvalue weighted by molar-refractivity contribution is -0.00000715. The van der Waals surface area contributed by atoms with Gasteiger partial charge in [0.25, 0.3) is 0 Å². The van der Waals surface area contributed by atoms with Crippen LogP contribution in [0.3, 0.4) is 0 Å². The predicted octanol–water partition coefficient (Wildman–Crippen LogP) is -0.239. The molecule has 1 aromatic carbocycles. The molecule has 2 aliphatic heterocycles. The molecule has 3 rings (SSSR count). The first-order valence-electron chi connectivity index (χ1n) is 8.13. The number of fused-ring (bicyclic) bond motifs is 1. The number of ether oxygens (including phenoxy) is 2. The van der Waals surface area contributed by atoms with E-state index in [-0.39, 0.29) is 12.4 Å². The molecule has 5 heteroatoms. The van der Waals surface area contributed by atoms with Crippen LogP contribution in [0.2, 0.25) is 0 Å². The topological polar surface area (TPSA) is 41.9 Å². The van der Waals surface area contributed by atoms with Gasteiger partial charge in [0.1, 0.15) is 0 Å². The molecule has 2 aliphatic rings. The van der Waals surface area contributed by atoms with Crippen LogP contribution in [-0.2, 0) is 0 Å². The molecule has 0 aromatic heterocycles. The smallest absolute Gasteiger partial charge is 0.161 e. The minimum absolute atomic E-state index is 0. The molecule has 0 aliphatic carbocycles. The van der Waals surface area contributed by atoms with Crippen molar-refractivity contribution in [3.8, 4) is 11.5 Å². The van der Waals surface area contributed by atoms with Crippen LogP contribution in [0.15, 0.2) is 18.2 Å². The number of likely N-dealkylation sites (tertiary alicyclic amines) is 1. The molecule has 0 saturated carbocycles. The van der Waals surface area contributed by atoms with Crippen molar-refractivity contribution in [2.24, 2.45) is 0 Å². The zero-order valence-electron chi connectivity index (χ0n) is 13.0. The molecule has 1 saturated heterocycles. The monoisotopic (exact) mass is 326 g/mol. The number of aliphatic hydroxyl groups is 1. The summed E-state index contributed by atoms with van der Waals surface area (Å²) < 4.78 is 11.3. The first-order chi connectivity index (χ1) is 10.3. The highest BCUT2D eigenvalue weighted by Gasteiger charge is 2.16. The Morgan fingerprint density at radius 1 is 1.00 bits per heavy atom. The molecule has 22 heavy (non-hydrogen) atoms. The van der Waals surface area contributed by atoms with Gasteiger partial charge in [-0.3, -0.25) is 0 Å². The van der Waals surface area contributed by atoms with E-state index in [9.17, 15) is 5.11 Å². The van der Waals surface area contributed by atoms with E-state index in [4.69, 9.17) is 9.47 Å². The van der Waals surface area contributed by atoms with Gasteiger partial charge in [0.05, 0.1) is 19.3 Å². The summed E-state index contributed by atoms with van der Waals surface area (Å²) in [6.07, 6.45) is 5.19. The summed E-state index contributed by atoms with van der Waals surface area (Å²) in [6.45, 7) is 4.70. The standard InChI is InChI=1S/C17H25NO3.ClH/c19-15(7-10-18-8-2-1-3-9-18)14-5-6-16-17(13-14)21-12-4-11-20-16;/h5-6,13,15,19H,1-4,7-12H2;1H/p-1. The third-order valence-electron chi connectivity index (χ3n) is 4.32. The Labute approximate surface area is 138 Å². The Morgan fingerprint density at radius 3 is 2.50 bits per heavy atom. The quantitative estimate of drug-likeness (QED) is 0.829. The molecule has 0 radical (unpaired) electrons. The molecule has 4 nitrogen and oxygen atoms in total. The normalized spacial score (nSPS) is 19.9. The summed E-state index contributed by atoms with van der Waals surface area (Å²) in [5.74, 6) is 1.56. The third-order valence-corrected chi connectivity index (χ3v) is 4.32. The van der Waals surface area contributed by atoms with Crippen LogP contribution < -0.4 is 21.9 Å². The van der Waals surface area contributed by atoms with Crippen LogP contribution in [0.5, 0.6) is 11.5 Å². The van der Waals surface area contributed by atoms with E-state index in [0.717, 1.165) is 36.4 Å². The lowest BCUT2D eigenvalue weighted by atomic mass is 10.0. The highest BCUT2D eigenvalue weighted by atomic mass is 35.5. The summed E-state index contributed by atoms with van der Waals surface area (Å²) in [5, 5.41) is 10.4. The predicted molar refractivity (Wildman–Crippen MR) is 81.9 cm³/mol. The van der Waals surface area contributed by atoms with Gasteiger partial charge in [0.15, 0.2) is 11.5 Å². The zero-order valence-corrected chi connectivity index (χ0v) is 13.7. The van der Waals surface area contributed by atoms with Gasteiger partial charge in [-0.2, -0.15) is 0 Å². The van der Waals surface area contributed by atoms with E-state index in [1.165, 1.54) is 32.4 Å². The molecule has 0 amide bonds. The molecule has 124 valence electrons. The first kappa shape index (κ1) is 17.4.